The van der Waals surface area contributed by atoms with Gasteiger partial charge in [-0.25, -0.2) is 0 Å². The summed E-state index contributed by atoms with van der Waals surface area (Å²) in [5.41, 5.74) is 3.99. The maximum Gasteiger partial charge on any atom is 0.106 e. The molecule has 3 nitrogen and oxygen atoms in total. The number of hydrogen-bond acceptors (Lipinski definition) is 2. The Morgan fingerprint density at radius 3 is 2.90 bits per heavy atom. The molecule has 0 spiro atoms. The third kappa shape index (κ3) is 2.49. The first-order chi connectivity index (χ1) is 10.2. The molecule has 1 aromatic heterocycles. The first-order valence-corrected chi connectivity index (χ1v) is 8.04. The number of fused-ring (bicyclic) bond motifs is 3. The van der Waals surface area contributed by atoms with Crippen molar-refractivity contribution in [2.45, 2.75) is 45.3 Å². The fourth-order valence-electron chi connectivity index (χ4n) is 3.78. The zero-order valence-corrected chi connectivity index (χ0v) is 13.4. The monoisotopic (exact) mass is 286 g/mol. The zero-order valence-electron chi connectivity index (χ0n) is 13.4. The van der Waals surface area contributed by atoms with Gasteiger partial charge in [-0.1, -0.05) is 18.2 Å². The predicted octanol–water partition coefficient (Wildman–Crippen LogP) is 3.58. The Hall–Kier alpha value is -1.32. The molecule has 0 saturated heterocycles. The van der Waals surface area contributed by atoms with Gasteiger partial charge in [-0.3, -0.25) is 0 Å². The van der Waals surface area contributed by atoms with Crippen LogP contribution in [0.4, 0.5) is 0 Å². The number of para-hydroxylation sites is 1. The van der Waals surface area contributed by atoms with E-state index >= 15 is 0 Å². The highest BCUT2D eigenvalue weighted by molar-refractivity contribution is 5.85. The molecule has 3 rings (SSSR count). The van der Waals surface area contributed by atoms with Crippen molar-refractivity contribution in [3.63, 3.8) is 0 Å². The maximum absolute atomic E-state index is 6.24. The molecule has 0 radical (unpaired) electrons. The minimum absolute atomic E-state index is 0.144. The highest BCUT2D eigenvalue weighted by atomic mass is 16.5. The summed E-state index contributed by atoms with van der Waals surface area (Å²) in [5.74, 6) is 0. The minimum atomic E-state index is -0.144. The second kappa shape index (κ2) is 5.82. The summed E-state index contributed by atoms with van der Waals surface area (Å²) in [6.45, 7) is 7.37. The topological polar surface area (TPSA) is 26.2 Å². The molecule has 0 amide bonds. The summed E-state index contributed by atoms with van der Waals surface area (Å²) in [6, 6.07) is 8.73. The third-order valence-electron chi connectivity index (χ3n) is 4.79. The van der Waals surface area contributed by atoms with Crippen LogP contribution >= 0.6 is 0 Å². The number of rotatable bonds is 5. The first-order valence-electron chi connectivity index (χ1n) is 8.04. The number of aryl methyl sites for hydroxylation is 1. The highest BCUT2D eigenvalue weighted by Crippen LogP contribution is 2.40. The molecule has 114 valence electrons. The summed E-state index contributed by atoms with van der Waals surface area (Å²) in [7, 11) is 2.01. The van der Waals surface area contributed by atoms with Crippen LogP contribution in [0.3, 0.4) is 0 Å². The van der Waals surface area contributed by atoms with Crippen molar-refractivity contribution in [1.82, 2.24) is 9.88 Å². The molecule has 21 heavy (non-hydrogen) atoms. The molecule has 0 aliphatic carbocycles. The van der Waals surface area contributed by atoms with Crippen molar-refractivity contribution in [3.8, 4) is 0 Å². The summed E-state index contributed by atoms with van der Waals surface area (Å²) >= 11 is 0. The van der Waals surface area contributed by atoms with E-state index in [1.807, 2.05) is 7.05 Å². The molecule has 1 N–H and O–H groups in total. The quantitative estimate of drug-likeness (QED) is 0.850. The van der Waals surface area contributed by atoms with Crippen molar-refractivity contribution in [1.29, 1.82) is 0 Å². The van der Waals surface area contributed by atoms with E-state index in [2.05, 4.69) is 48.0 Å². The van der Waals surface area contributed by atoms with E-state index in [1.165, 1.54) is 35.0 Å². The molecule has 1 aromatic carbocycles. The largest absolute Gasteiger partial charge is 0.367 e. The van der Waals surface area contributed by atoms with Gasteiger partial charge in [-0.2, -0.15) is 0 Å². The van der Waals surface area contributed by atoms with Gasteiger partial charge in [0.15, 0.2) is 0 Å². The van der Waals surface area contributed by atoms with Crippen molar-refractivity contribution in [3.05, 3.63) is 35.5 Å². The maximum atomic E-state index is 6.24. The van der Waals surface area contributed by atoms with Gasteiger partial charge in [0.05, 0.1) is 12.3 Å². The zero-order chi connectivity index (χ0) is 14.9. The average molecular weight is 286 g/mol. The van der Waals surface area contributed by atoms with Crippen LogP contribution in [-0.4, -0.2) is 24.8 Å². The second-order valence-corrected chi connectivity index (χ2v) is 6.28. The van der Waals surface area contributed by atoms with Crippen molar-refractivity contribution in [2.24, 2.45) is 0 Å². The number of hydrogen-bond donors (Lipinski definition) is 1. The Kier molecular flexibility index (Phi) is 4.05. The summed E-state index contributed by atoms with van der Waals surface area (Å²) in [4.78, 5) is 0. The lowest BCUT2D eigenvalue weighted by Gasteiger charge is -2.36. The molecule has 1 unspecified atom stereocenters. The Bertz CT molecular complexity index is 631. The fourth-order valence-corrected chi connectivity index (χ4v) is 3.78. The van der Waals surface area contributed by atoms with Crippen LogP contribution in [0, 0.1) is 6.92 Å². The predicted molar refractivity (Wildman–Crippen MR) is 87.8 cm³/mol. The van der Waals surface area contributed by atoms with E-state index in [9.17, 15) is 0 Å². The molecule has 2 aromatic rings. The summed E-state index contributed by atoms with van der Waals surface area (Å²) < 4.78 is 8.72. The molecule has 1 aliphatic heterocycles. The van der Waals surface area contributed by atoms with Gasteiger partial charge in [-0.05, 0) is 58.3 Å². The standard InChI is InChI=1S/C18H26N2O/c1-14-15-8-4-5-9-16(15)20-12-13-21-18(2,17(14)20)10-6-7-11-19-3/h4-5,8-9,19H,6-7,10-13H2,1-3H3. The minimum Gasteiger partial charge on any atom is -0.367 e. The average Bonchev–Trinajstić information content (AvgIpc) is 2.79. The molecule has 0 fully saturated rings. The number of unbranched alkanes of at least 4 members (excludes halogenated alkanes) is 1. The van der Waals surface area contributed by atoms with E-state index in [-0.39, 0.29) is 5.60 Å². The molecule has 1 aliphatic rings. The van der Waals surface area contributed by atoms with Crippen LogP contribution in [0.25, 0.3) is 10.9 Å². The van der Waals surface area contributed by atoms with Gasteiger partial charge in [0.25, 0.3) is 0 Å². The van der Waals surface area contributed by atoms with Crippen molar-refractivity contribution < 1.29 is 4.74 Å². The van der Waals surface area contributed by atoms with Gasteiger partial charge < -0.3 is 14.6 Å². The first kappa shape index (κ1) is 14.6. The van der Waals surface area contributed by atoms with Gasteiger partial charge >= 0.3 is 0 Å². The van der Waals surface area contributed by atoms with Gasteiger partial charge in [0, 0.05) is 17.4 Å². The second-order valence-electron chi connectivity index (χ2n) is 6.28. The lowest BCUT2D eigenvalue weighted by Crippen LogP contribution is -2.36. The summed E-state index contributed by atoms with van der Waals surface area (Å²) in [6.07, 6.45) is 3.48. The van der Waals surface area contributed by atoms with Crippen molar-refractivity contribution >= 4 is 10.9 Å². The van der Waals surface area contributed by atoms with Crippen LogP contribution in [0.2, 0.25) is 0 Å². The normalized spacial score (nSPS) is 21.7. The van der Waals surface area contributed by atoms with Gasteiger partial charge in [0.1, 0.15) is 5.60 Å². The highest BCUT2D eigenvalue weighted by Gasteiger charge is 2.36. The SMILES string of the molecule is CNCCCCC1(C)OCCn2c1c(C)c1ccccc12. The number of benzene rings is 1. The molecule has 0 bridgehead atoms. The van der Waals surface area contributed by atoms with Gasteiger partial charge in [-0.15, -0.1) is 0 Å². The third-order valence-corrected chi connectivity index (χ3v) is 4.79. The lowest BCUT2D eigenvalue weighted by molar-refractivity contribution is -0.0707. The van der Waals surface area contributed by atoms with E-state index in [0.29, 0.717) is 0 Å². The van der Waals surface area contributed by atoms with Crippen LogP contribution < -0.4 is 5.32 Å². The van der Waals surface area contributed by atoms with Crippen LogP contribution in [0.1, 0.15) is 37.4 Å². The Labute approximate surface area is 127 Å². The Balaban J connectivity index is 1.97. The molecule has 3 heteroatoms. The van der Waals surface area contributed by atoms with E-state index in [0.717, 1.165) is 26.1 Å². The number of ether oxygens (including phenoxy) is 1. The Morgan fingerprint density at radius 1 is 1.29 bits per heavy atom. The Morgan fingerprint density at radius 2 is 2.10 bits per heavy atom. The van der Waals surface area contributed by atoms with Crippen molar-refractivity contribution in [2.75, 3.05) is 20.2 Å². The smallest absolute Gasteiger partial charge is 0.106 e. The van der Waals surface area contributed by atoms with Gasteiger partial charge in [0.2, 0.25) is 0 Å². The number of nitrogens with zero attached hydrogens (tertiary/aromatic N) is 1. The van der Waals surface area contributed by atoms with Crippen LogP contribution in [-0.2, 0) is 16.9 Å². The van der Waals surface area contributed by atoms with E-state index < -0.39 is 0 Å². The van der Waals surface area contributed by atoms with Crippen LogP contribution in [0.5, 0.6) is 0 Å². The van der Waals surface area contributed by atoms with E-state index in [4.69, 9.17) is 4.74 Å². The van der Waals surface area contributed by atoms with Crippen LogP contribution in [0.15, 0.2) is 24.3 Å². The summed E-state index contributed by atoms with van der Waals surface area (Å²) in [5, 5.41) is 4.60. The number of nitrogens with one attached hydrogen (secondary N) is 1. The molecule has 0 saturated carbocycles. The fraction of sp³-hybridized carbons (Fsp3) is 0.556. The molecule has 1 atom stereocenters. The number of aromatic nitrogens is 1. The molecule has 2 heterocycles. The lowest BCUT2D eigenvalue weighted by atomic mass is 9.91. The molecular formula is C18H26N2O. The van der Waals surface area contributed by atoms with E-state index in [1.54, 1.807) is 0 Å². The molecular weight excluding hydrogens is 260 g/mol.